The highest BCUT2D eigenvalue weighted by Gasteiger charge is 2.45. The molecule has 0 spiro atoms. The van der Waals surface area contributed by atoms with Crippen molar-refractivity contribution in [1.29, 1.82) is 0 Å². The maximum absolute atomic E-state index is 13.0. The second-order valence-corrected chi connectivity index (χ2v) is 8.69. The van der Waals surface area contributed by atoms with E-state index in [0.717, 1.165) is 24.4 Å². The lowest BCUT2D eigenvalue weighted by atomic mass is 9.81. The highest BCUT2D eigenvalue weighted by Crippen LogP contribution is 2.43. The summed E-state index contributed by atoms with van der Waals surface area (Å²) < 4.78 is 29.3. The van der Waals surface area contributed by atoms with Gasteiger partial charge in [0.1, 0.15) is 12.1 Å². The number of halogens is 2. The Bertz CT molecular complexity index is 947. The molecule has 0 saturated heterocycles. The molecule has 1 aliphatic heterocycles. The molecule has 0 radical (unpaired) electrons. The second kappa shape index (κ2) is 7.09. The van der Waals surface area contributed by atoms with E-state index in [1.165, 1.54) is 11.0 Å². The summed E-state index contributed by atoms with van der Waals surface area (Å²) in [6.45, 7) is 0.894. The van der Waals surface area contributed by atoms with E-state index in [1.807, 2.05) is 10.7 Å². The summed E-state index contributed by atoms with van der Waals surface area (Å²) in [6.07, 6.45) is 2.65. The predicted octanol–water partition coefficient (Wildman–Crippen LogP) is 1.41. The fraction of sp³-hybridized carbons (Fsp3) is 0.684. The van der Waals surface area contributed by atoms with Crippen LogP contribution in [-0.2, 0) is 17.9 Å². The summed E-state index contributed by atoms with van der Waals surface area (Å²) in [6, 6.07) is 1.36. The van der Waals surface area contributed by atoms with Crippen LogP contribution in [0, 0.1) is 5.92 Å². The van der Waals surface area contributed by atoms with Crippen molar-refractivity contribution in [2.75, 3.05) is 11.9 Å². The molecule has 2 fully saturated rings. The molecule has 0 bridgehead atoms. The SMILES string of the molecule is CN1C(=O)C(NC(O)c2ncn(CC3CC(F)(F)C3)n2)CCn2nc(C3CC3)cc21. The van der Waals surface area contributed by atoms with E-state index in [2.05, 4.69) is 20.5 Å². The van der Waals surface area contributed by atoms with Gasteiger partial charge in [0.25, 0.3) is 0 Å². The molecule has 2 aromatic rings. The number of aliphatic hydroxyl groups is 1. The Labute approximate surface area is 172 Å². The monoisotopic (exact) mass is 421 g/mol. The number of carbonyl (C=O) groups is 1. The fourth-order valence-corrected chi connectivity index (χ4v) is 4.28. The largest absolute Gasteiger partial charge is 0.371 e. The van der Waals surface area contributed by atoms with Crippen LogP contribution in [0.4, 0.5) is 14.6 Å². The van der Waals surface area contributed by atoms with E-state index in [9.17, 15) is 18.7 Å². The molecule has 2 unspecified atom stereocenters. The highest BCUT2D eigenvalue weighted by atomic mass is 19.3. The van der Waals surface area contributed by atoms with Crippen molar-refractivity contribution >= 4 is 11.7 Å². The van der Waals surface area contributed by atoms with Crippen molar-refractivity contribution < 1.29 is 18.7 Å². The van der Waals surface area contributed by atoms with Gasteiger partial charge in [-0.1, -0.05) is 0 Å². The first-order valence-corrected chi connectivity index (χ1v) is 10.4. The number of carbonyl (C=O) groups excluding carboxylic acids is 1. The minimum Gasteiger partial charge on any atom is -0.371 e. The van der Waals surface area contributed by atoms with Crippen LogP contribution in [0.1, 0.15) is 55.8 Å². The number of alkyl halides is 2. The van der Waals surface area contributed by atoms with E-state index >= 15 is 0 Å². The minimum atomic E-state index is -2.58. The van der Waals surface area contributed by atoms with Gasteiger partial charge >= 0.3 is 0 Å². The Morgan fingerprint density at radius 3 is 2.77 bits per heavy atom. The van der Waals surface area contributed by atoms with Crippen LogP contribution in [0.3, 0.4) is 0 Å². The first-order chi connectivity index (χ1) is 14.3. The van der Waals surface area contributed by atoms with Gasteiger partial charge in [0, 0.05) is 45.0 Å². The first kappa shape index (κ1) is 19.6. The van der Waals surface area contributed by atoms with Crippen molar-refractivity contribution in [2.45, 2.75) is 69.3 Å². The molecular weight excluding hydrogens is 396 g/mol. The number of hydrogen-bond acceptors (Lipinski definition) is 6. The molecule has 9 nitrogen and oxygen atoms in total. The van der Waals surface area contributed by atoms with E-state index in [4.69, 9.17) is 0 Å². The van der Waals surface area contributed by atoms with E-state index in [0.29, 0.717) is 25.4 Å². The van der Waals surface area contributed by atoms with Gasteiger partial charge in [-0.2, -0.15) is 10.2 Å². The lowest BCUT2D eigenvalue weighted by molar-refractivity contribution is -0.121. The number of hydrogen-bond donors (Lipinski definition) is 2. The van der Waals surface area contributed by atoms with Crippen molar-refractivity contribution in [3.63, 3.8) is 0 Å². The lowest BCUT2D eigenvalue weighted by Gasteiger charge is -2.34. The van der Waals surface area contributed by atoms with E-state index in [-0.39, 0.29) is 30.5 Å². The zero-order valence-corrected chi connectivity index (χ0v) is 16.7. The van der Waals surface area contributed by atoms with Gasteiger partial charge in [-0.05, 0) is 25.2 Å². The number of aliphatic hydroxyl groups excluding tert-OH is 1. The van der Waals surface area contributed by atoms with Gasteiger partial charge in [-0.3, -0.25) is 19.7 Å². The van der Waals surface area contributed by atoms with Crippen LogP contribution < -0.4 is 10.2 Å². The molecule has 30 heavy (non-hydrogen) atoms. The molecular formula is C19H25F2N7O2. The van der Waals surface area contributed by atoms with Crippen molar-refractivity contribution in [1.82, 2.24) is 29.9 Å². The quantitative estimate of drug-likeness (QED) is 0.684. The molecule has 2 N–H and O–H groups in total. The Hall–Kier alpha value is -2.40. The van der Waals surface area contributed by atoms with Gasteiger partial charge in [-0.25, -0.2) is 18.4 Å². The summed E-state index contributed by atoms with van der Waals surface area (Å²) in [5.74, 6) is -1.48. The maximum atomic E-state index is 13.0. The molecule has 3 heterocycles. The van der Waals surface area contributed by atoms with Crippen molar-refractivity contribution in [3.8, 4) is 0 Å². The summed E-state index contributed by atoms with van der Waals surface area (Å²) >= 11 is 0. The maximum Gasteiger partial charge on any atom is 0.248 e. The number of aryl methyl sites for hydroxylation is 1. The van der Waals surface area contributed by atoms with Gasteiger partial charge in [0.05, 0.1) is 11.7 Å². The Kier molecular flexibility index (Phi) is 4.62. The molecule has 1 amide bonds. The zero-order chi connectivity index (χ0) is 21.0. The fourth-order valence-electron chi connectivity index (χ4n) is 4.28. The topological polar surface area (TPSA) is 101 Å². The van der Waals surface area contributed by atoms with Crippen LogP contribution >= 0.6 is 0 Å². The standard InChI is InChI=1S/C19H25F2N7O2/c1-26-15-6-14(12-2-3-12)24-28(15)5-4-13(18(26)30)23-17(29)16-22-10-27(25-16)9-11-7-19(20,21)8-11/h6,10-13,17,23,29H,2-5,7-9H2,1H3. The Morgan fingerprint density at radius 1 is 1.30 bits per heavy atom. The van der Waals surface area contributed by atoms with Crippen LogP contribution in [-0.4, -0.2) is 54.6 Å². The van der Waals surface area contributed by atoms with Gasteiger partial charge < -0.3 is 5.11 Å². The number of aromatic nitrogens is 5. The third-order valence-corrected chi connectivity index (χ3v) is 6.15. The van der Waals surface area contributed by atoms with Gasteiger partial charge in [0.2, 0.25) is 11.8 Å². The number of nitrogens with zero attached hydrogens (tertiary/aromatic N) is 6. The third-order valence-electron chi connectivity index (χ3n) is 6.15. The third kappa shape index (κ3) is 3.71. The van der Waals surface area contributed by atoms with Gasteiger partial charge in [-0.15, -0.1) is 0 Å². The highest BCUT2D eigenvalue weighted by molar-refractivity contribution is 5.96. The number of amides is 1. The number of rotatable bonds is 6. The summed E-state index contributed by atoms with van der Waals surface area (Å²) in [4.78, 5) is 18.6. The number of fused-ring (bicyclic) bond motifs is 1. The molecule has 162 valence electrons. The normalized spacial score (nSPS) is 25.0. The molecule has 2 aliphatic carbocycles. The molecule has 0 aromatic carbocycles. The number of nitrogens with one attached hydrogen (secondary N) is 1. The molecule has 2 saturated carbocycles. The average molecular weight is 421 g/mol. The first-order valence-electron chi connectivity index (χ1n) is 10.4. The zero-order valence-electron chi connectivity index (χ0n) is 16.7. The smallest absolute Gasteiger partial charge is 0.248 e. The van der Waals surface area contributed by atoms with Gasteiger partial charge in [0.15, 0.2) is 12.1 Å². The summed E-state index contributed by atoms with van der Waals surface area (Å²) in [7, 11) is 1.71. The van der Waals surface area contributed by atoms with Crippen LogP contribution in [0.25, 0.3) is 0 Å². The van der Waals surface area contributed by atoms with E-state index < -0.39 is 18.2 Å². The van der Waals surface area contributed by atoms with Crippen LogP contribution in [0.2, 0.25) is 0 Å². The summed E-state index contributed by atoms with van der Waals surface area (Å²) in [5.41, 5.74) is 1.04. The van der Waals surface area contributed by atoms with Crippen LogP contribution in [0.15, 0.2) is 12.4 Å². The second-order valence-electron chi connectivity index (χ2n) is 8.69. The van der Waals surface area contributed by atoms with Crippen molar-refractivity contribution in [3.05, 3.63) is 23.9 Å². The predicted molar refractivity (Wildman–Crippen MR) is 102 cm³/mol. The molecule has 2 atom stereocenters. The average Bonchev–Trinajstić information content (AvgIpc) is 3.29. The molecule has 3 aliphatic rings. The molecule has 2 aromatic heterocycles. The molecule has 11 heteroatoms. The Morgan fingerprint density at radius 2 is 2.07 bits per heavy atom. The molecule has 5 rings (SSSR count). The number of likely N-dealkylation sites (N-methyl/N-ethyl adjacent to an activating group) is 1. The number of anilines is 1. The Balaban J connectivity index is 1.21. The summed E-state index contributed by atoms with van der Waals surface area (Å²) in [5, 5.41) is 22.2. The van der Waals surface area contributed by atoms with Crippen molar-refractivity contribution in [2.24, 2.45) is 5.92 Å². The van der Waals surface area contributed by atoms with Crippen LogP contribution in [0.5, 0.6) is 0 Å². The minimum absolute atomic E-state index is 0.120. The lowest BCUT2D eigenvalue weighted by Crippen LogP contribution is -2.46. The van der Waals surface area contributed by atoms with E-state index in [1.54, 1.807) is 11.9 Å².